The van der Waals surface area contributed by atoms with Gasteiger partial charge in [0.2, 0.25) is 0 Å². The Labute approximate surface area is 87.3 Å². The zero-order chi connectivity index (χ0) is 10.8. The first-order chi connectivity index (χ1) is 7.16. The van der Waals surface area contributed by atoms with Crippen LogP contribution in [0.2, 0.25) is 0 Å². The zero-order valence-electron chi connectivity index (χ0n) is 8.33. The third-order valence-electron chi connectivity index (χ3n) is 2.81. The Hall–Kier alpha value is -1.36. The summed E-state index contributed by atoms with van der Waals surface area (Å²) in [5.41, 5.74) is 0.710. The van der Waals surface area contributed by atoms with E-state index in [9.17, 15) is 9.90 Å². The lowest BCUT2D eigenvalue weighted by molar-refractivity contribution is -0.136. The van der Waals surface area contributed by atoms with E-state index in [2.05, 4.69) is 5.10 Å². The fourth-order valence-electron chi connectivity index (χ4n) is 2.12. The van der Waals surface area contributed by atoms with Crippen LogP contribution in [-0.4, -0.2) is 32.1 Å². The molecule has 1 fully saturated rings. The SMILES string of the molecule is O=C(O)Cc1ccnn1C1CCC(O)C1. The van der Waals surface area contributed by atoms with Crippen molar-refractivity contribution in [3.8, 4) is 0 Å². The standard InChI is InChI=1S/C10H14N2O3/c13-9-2-1-7(5-9)12-8(3-4-11-12)6-10(14)15/h3-4,7,9,13H,1-2,5-6H2,(H,14,15). The van der Waals surface area contributed by atoms with Crippen LogP contribution in [0.3, 0.4) is 0 Å². The number of carboxylic acids is 1. The maximum absolute atomic E-state index is 10.6. The Kier molecular flexibility index (Phi) is 2.73. The van der Waals surface area contributed by atoms with Gasteiger partial charge in [0.05, 0.1) is 18.6 Å². The number of aliphatic hydroxyl groups excluding tert-OH is 1. The predicted molar refractivity (Wildman–Crippen MR) is 52.5 cm³/mol. The van der Waals surface area contributed by atoms with Crippen molar-refractivity contribution in [3.63, 3.8) is 0 Å². The van der Waals surface area contributed by atoms with Gasteiger partial charge in [0.15, 0.2) is 0 Å². The smallest absolute Gasteiger partial charge is 0.309 e. The van der Waals surface area contributed by atoms with Crippen LogP contribution in [0.15, 0.2) is 12.3 Å². The van der Waals surface area contributed by atoms with Crippen LogP contribution in [0, 0.1) is 0 Å². The lowest BCUT2D eigenvalue weighted by Crippen LogP contribution is -2.14. The van der Waals surface area contributed by atoms with Gasteiger partial charge in [-0.2, -0.15) is 5.10 Å². The number of aliphatic hydroxyl groups is 1. The van der Waals surface area contributed by atoms with Crippen molar-refractivity contribution in [1.82, 2.24) is 9.78 Å². The van der Waals surface area contributed by atoms with E-state index >= 15 is 0 Å². The third kappa shape index (κ3) is 2.18. The molecule has 0 amide bonds. The predicted octanol–water partition coefficient (Wildman–Crippen LogP) is 0.596. The molecule has 0 radical (unpaired) electrons. The molecule has 1 aliphatic rings. The molecule has 2 atom stereocenters. The van der Waals surface area contributed by atoms with Gasteiger partial charge < -0.3 is 10.2 Å². The molecule has 5 heteroatoms. The van der Waals surface area contributed by atoms with Gasteiger partial charge in [-0.1, -0.05) is 0 Å². The van der Waals surface area contributed by atoms with Crippen molar-refractivity contribution in [2.75, 3.05) is 0 Å². The Bertz CT molecular complexity index is 361. The number of rotatable bonds is 3. The van der Waals surface area contributed by atoms with Gasteiger partial charge in [-0.3, -0.25) is 9.48 Å². The van der Waals surface area contributed by atoms with Crippen LogP contribution in [0.1, 0.15) is 31.0 Å². The molecule has 2 unspecified atom stereocenters. The zero-order valence-corrected chi connectivity index (χ0v) is 8.33. The van der Waals surface area contributed by atoms with E-state index in [1.54, 1.807) is 16.9 Å². The highest BCUT2D eigenvalue weighted by Gasteiger charge is 2.26. The van der Waals surface area contributed by atoms with Gasteiger partial charge in [-0.15, -0.1) is 0 Å². The van der Waals surface area contributed by atoms with E-state index in [1.165, 1.54) is 0 Å². The Balaban J connectivity index is 2.14. The minimum atomic E-state index is -0.852. The van der Waals surface area contributed by atoms with Crippen LogP contribution in [0.5, 0.6) is 0 Å². The molecule has 15 heavy (non-hydrogen) atoms. The van der Waals surface area contributed by atoms with E-state index in [0.29, 0.717) is 12.1 Å². The lowest BCUT2D eigenvalue weighted by Gasteiger charge is -2.13. The minimum absolute atomic E-state index is 0.00735. The van der Waals surface area contributed by atoms with Crippen LogP contribution in [-0.2, 0) is 11.2 Å². The number of hydrogen-bond acceptors (Lipinski definition) is 3. The van der Waals surface area contributed by atoms with E-state index in [4.69, 9.17) is 5.11 Å². The summed E-state index contributed by atoms with van der Waals surface area (Å²) in [7, 11) is 0. The van der Waals surface area contributed by atoms with Crippen molar-refractivity contribution in [2.45, 2.75) is 37.8 Å². The van der Waals surface area contributed by atoms with Crippen molar-refractivity contribution < 1.29 is 15.0 Å². The highest BCUT2D eigenvalue weighted by atomic mass is 16.4. The molecule has 0 aromatic carbocycles. The summed E-state index contributed by atoms with van der Waals surface area (Å²) in [6.45, 7) is 0. The summed E-state index contributed by atoms with van der Waals surface area (Å²) in [4.78, 5) is 10.6. The molecule has 1 saturated carbocycles. The van der Waals surface area contributed by atoms with Crippen LogP contribution in [0.25, 0.3) is 0 Å². The summed E-state index contributed by atoms with van der Waals surface area (Å²) in [5, 5.41) is 22.3. The average molecular weight is 210 g/mol. The number of carboxylic acid groups (broad SMARTS) is 1. The van der Waals surface area contributed by atoms with Crippen molar-refractivity contribution in [3.05, 3.63) is 18.0 Å². The van der Waals surface area contributed by atoms with E-state index in [-0.39, 0.29) is 18.6 Å². The molecule has 0 bridgehead atoms. The fraction of sp³-hybridized carbons (Fsp3) is 0.600. The summed E-state index contributed by atoms with van der Waals surface area (Å²) in [6.07, 6.45) is 3.66. The molecule has 5 nitrogen and oxygen atoms in total. The largest absolute Gasteiger partial charge is 0.481 e. The molecule has 1 aliphatic carbocycles. The average Bonchev–Trinajstić information content (AvgIpc) is 2.72. The van der Waals surface area contributed by atoms with Crippen molar-refractivity contribution in [1.29, 1.82) is 0 Å². The number of aliphatic carboxylic acids is 1. The molecular weight excluding hydrogens is 196 g/mol. The monoisotopic (exact) mass is 210 g/mol. The van der Waals surface area contributed by atoms with Gasteiger partial charge >= 0.3 is 5.97 Å². The molecule has 0 saturated heterocycles. The van der Waals surface area contributed by atoms with E-state index in [0.717, 1.165) is 12.8 Å². The first-order valence-electron chi connectivity index (χ1n) is 5.09. The molecular formula is C10H14N2O3. The van der Waals surface area contributed by atoms with E-state index < -0.39 is 5.97 Å². The molecule has 0 aliphatic heterocycles. The summed E-state index contributed by atoms with van der Waals surface area (Å²) in [5.74, 6) is -0.852. The Morgan fingerprint density at radius 1 is 1.60 bits per heavy atom. The highest BCUT2D eigenvalue weighted by molar-refractivity contribution is 5.69. The molecule has 1 heterocycles. The minimum Gasteiger partial charge on any atom is -0.481 e. The quantitative estimate of drug-likeness (QED) is 0.765. The number of carbonyl (C=O) groups is 1. The summed E-state index contributed by atoms with van der Waals surface area (Å²) >= 11 is 0. The van der Waals surface area contributed by atoms with Gasteiger partial charge in [-0.25, -0.2) is 0 Å². The molecule has 2 N–H and O–H groups in total. The summed E-state index contributed by atoms with van der Waals surface area (Å²) < 4.78 is 1.74. The van der Waals surface area contributed by atoms with Crippen LogP contribution in [0.4, 0.5) is 0 Å². The van der Waals surface area contributed by atoms with E-state index in [1.807, 2.05) is 0 Å². The lowest BCUT2D eigenvalue weighted by atomic mass is 10.2. The van der Waals surface area contributed by atoms with Gasteiger partial charge in [0, 0.05) is 11.9 Å². The van der Waals surface area contributed by atoms with Crippen LogP contribution < -0.4 is 0 Å². The van der Waals surface area contributed by atoms with Gasteiger partial charge in [0.25, 0.3) is 0 Å². The highest BCUT2D eigenvalue weighted by Crippen LogP contribution is 2.30. The molecule has 82 valence electrons. The molecule has 2 rings (SSSR count). The first kappa shape index (κ1) is 10.2. The Morgan fingerprint density at radius 2 is 2.40 bits per heavy atom. The van der Waals surface area contributed by atoms with Crippen LogP contribution >= 0.6 is 0 Å². The molecule has 1 aromatic rings. The second-order valence-corrected chi connectivity index (χ2v) is 3.96. The normalized spacial score (nSPS) is 25.7. The Morgan fingerprint density at radius 3 is 3.00 bits per heavy atom. The second-order valence-electron chi connectivity index (χ2n) is 3.96. The fourth-order valence-corrected chi connectivity index (χ4v) is 2.12. The topological polar surface area (TPSA) is 75.3 Å². The first-order valence-corrected chi connectivity index (χ1v) is 5.09. The summed E-state index contributed by atoms with van der Waals surface area (Å²) in [6, 6.07) is 1.88. The van der Waals surface area contributed by atoms with Gasteiger partial charge in [0.1, 0.15) is 0 Å². The van der Waals surface area contributed by atoms with Crippen molar-refractivity contribution in [2.24, 2.45) is 0 Å². The molecule has 1 aromatic heterocycles. The number of aromatic nitrogens is 2. The molecule has 0 spiro atoms. The van der Waals surface area contributed by atoms with Gasteiger partial charge in [-0.05, 0) is 25.3 Å². The maximum Gasteiger partial charge on any atom is 0.309 e. The second kappa shape index (κ2) is 4.02. The number of hydrogen-bond donors (Lipinski definition) is 2. The maximum atomic E-state index is 10.6. The van der Waals surface area contributed by atoms with Crippen molar-refractivity contribution >= 4 is 5.97 Å². The third-order valence-corrected chi connectivity index (χ3v) is 2.81. The number of nitrogens with zero attached hydrogens (tertiary/aromatic N) is 2.